The fourth-order valence-electron chi connectivity index (χ4n) is 3.01. The van der Waals surface area contributed by atoms with E-state index in [1.54, 1.807) is 22.8 Å². The number of aromatic nitrogens is 3. The highest BCUT2D eigenvalue weighted by Crippen LogP contribution is 2.28. The molecule has 1 aromatic carbocycles. The van der Waals surface area contributed by atoms with E-state index in [0.717, 1.165) is 24.3 Å². The van der Waals surface area contributed by atoms with Crippen LogP contribution < -0.4 is 10.9 Å². The Kier molecular flexibility index (Phi) is 6.08. The average Bonchev–Trinajstić information content (AvgIpc) is 3.13. The second-order valence-corrected chi connectivity index (χ2v) is 7.97. The third-order valence-electron chi connectivity index (χ3n) is 4.51. The van der Waals surface area contributed by atoms with Crippen LogP contribution in [0.4, 0.5) is 5.13 Å². The molecule has 8 heteroatoms. The number of benzene rings is 1. The molecule has 3 aromatic rings. The lowest BCUT2D eigenvalue weighted by atomic mass is 10.1. The first-order chi connectivity index (χ1) is 13.4. The summed E-state index contributed by atoms with van der Waals surface area (Å²) < 4.78 is 1.57. The Morgan fingerprint density at radius 3 is 2.68 bits per heavy atom. The third-order valence-corrected chi connectivity index (χ3v) is 5.65. The molecular formula is C20H24N4O3S. The largest absolute Gasteiger partial charge is 0.506 e. The van der Waals surface area contributed by atoms with E-state index in [1.165, 1.54) is 11.3 Å². The molecule has 2 N–H and O–H groups in total. The molecule has 0 saturated heterocycles. The number of carbonyl (C=O) groups is 1. The van der Waals surface area contributed by atoms with E-state index < -0.39 is 11.5 Å². The molecule has 1 amide bonds. The van der Waals surface area contributed by atoms with E-state index in [-0.39, 0.29) is 17.2 Å². The van der Waals surface area contributed by atoms with E-state index in [2.05, 4.69) is 22.4 Å². The number of aromatic hydroxyl groups is 1. The van der Waals surface area contributed by atoms with Crippen molar-refractivity contribution in [1.29, 1.82) is 0 Å². The minimum absolute atomic E-state index is 0.188. The molecule has 3 rings (SSSR count). The Labute approximate surface area is 167 Å². The number of nitrogens with one attached hydrogen (secondary N) is 1. The Hall–Kier alpha value is -2.74. The van der Waals surface area contributed by atoms with Gasteiger partial charge in [0.25, 0.3) is 11.5 Å². The highest BCUT2D eigenvalue weighted by Gasteiger charge is 2.23. The van der Waals surface area contributed by atoms with Crippen molar-refractivity contribution < 1.29 is 9.90 Å². The maximum atomic E-state index is 13.1. The molecular weight excluding hydrogens is 376 g/mol. The average molecular weight is 401 g/mol. The van der Waals surface area contributed by atoms with Crippen LogP contribution in [0.2, 0.25) is 0 Å². The predicted molar refractivity (Wildman–Crippen MR) is 111 cm³/mol. The number of para-hydroxylation sites is 1. The Bertz CT molecular complexity index is 1060. The van der Waals surface area contributed by atoms with Crippen molar-refractivity contribution >= 4 is 33.3 Å². The molecule has 148 valence electrons. The van der Waals surface area contributed by atoms with Crippen LogP contribution in [0.3, 0.4) is 0 Å². The zero-order chi connectivity index (χ0) is 20.3. The molecule has 0 atom stereocenters. The van der Waals surface area contributed by atoms with Gasteiger partial charge < -0.3 is 9.67 Å². The SMILES string of the molecule is CCCCCn1c(=O)c(C(=O)Nc2nnc(C(C)C)s2)c(O)c2ccccc21. The fourth-order valence-corrected chi connectivity index (χ4v) is 3.75. The number of amides is 1. The Balaban J connectivity index is 2.03. The summed E-state index contributed by atoms with van der Waals surface area (Å²) in [5.41, 5.74) is -0.148. The van der Waals surface area contributed by atoms with Gasteiger partial charge in [0.2, 0.25) is 5.13 Å². The van der Waals surface area contributed by atoms with Crippen molar-refractivity contribution in [2.75, 3.05) is 5.32 Å². The first-order valence-electron chi connectivity index (χ1n) is 9.43. The molecule has 7 nitrogen and oxygen atoms in total. The molecule has 0 aliphatic rings. The van der Waals surface area contributed by atoms with Gasteiger partial charge in [0.1, 0.15) is 16.3 Å². The lowest BCUT2D eigenvalue weighted by Crippen LogP contribution is -2.30. The van der Waals surface area contributed by atoms with Gasteiger partial charge in [-0.15, -0.1) is 10.2 Å². The highest BCUT2D eigenvalue weighted by molar-refractivity contribution is 7.15. The van der Waals surface area contributed by atoms with Crippen molar-refractivity contribution in [2.24, 2.45) is 0 Å². The van der Waals surface area contributed by atoms with E-state index in [4.69, 9.17) is 0 Å². The molecule has 0 aliphatic carbocycles. The molecule has 28 heavy (non-hydrogen) atoms. The summed E-state index contributed by atoms with van der Waals surface area (Å²) >= 11 is 1.26. The van der Waals surface area contributed by atoms with Crippen LogP contribution in [0.1, 0.15) is 61.3 Å². The molecule has 0 radical (unpaired) electrons. The molecule has 0 spiro atoms. The number of nitrogens with zero attached hydrogens (tertiary/aromatic N) is 3. The molecule has 2 heterocycles. The monoisotopic (exact) mass is 400 g/mol. The van der Waals surface area contributed by atoms with Crippen molar-refractivity contribution in [2.45, 2.75) is 52.5 Å². The fraction of sp³-hybridized carbons (Fsp3) is 0.400. The van der Waals surface area contributed by atoms with E-state index in [1.807, 2.05) is 19.9 Å². The lowest BCUT2D eigenvalue weighted by molar-refractivity contribution is 0.102. The highest BCUT2D eigenvalue weighted by atomic mass is 32.1. The summed E-state index contributed by atoms with van der Waals surface area (Å²) in [6.45, 7) is 6.54. The van der Waals surface area contributed by atoms with Gasteiger partial charge in [0, 0.05) is 17.8 Å². The van der Waals surface area contributed by atoms with Gasteiger partial charge >= 0.3 is 0 Å². The van der Waals surface area contributed by atoms with Crippen LogP contribution in [0.25, 0.3) is 10.9 Å². The summed E-state index contributed by atoms with van der Waals surface area (Å²) in [5.74, 6) is -0.796. The number of carbonyl (C=O) groups excluding carboxylic acids is 1. The summed E-state index contributed by atoms with van der Waals surface area (Å²) in [6, 6.07) is 7.07. The van der Waals surface area contributed by atoms with Gasteiger partial charge in [-0.05, 0) is 18.6 Å². The topological polar surface area (TPSA) is 97.1 Å². The summed E-state index contributed by atoms with van der Waals surface area (Å²) in [7, 11) is 0. The van der Waals surface area contributed by atoms with Crippen LogP contribution in [-0.4, -0.2) is 25.8 Å². The van der Waals surface area contributed by atoms with Crippen molar-refractivity contribution in [3.8, 4) is 5.75 Å². The van der Waals surface area contributed by atoms with Gasteiger partial charge in [0.05, 0.1) is 5.52 Å². The number of anilines is 1. The van der Waals surface area contributed by atoms with E-state index >= 15 is 0 Å². The van der Waals surface area contributed by atoms with E-state index in [9.17, 15) is 14.7 Å². The lowest BCUT2D eigenvalue weighted by Gasteiger charge is -2.14. The Morgan fingerprint density at radius 2 is 2.00 bits per heavy atom. The van der Waals surface area contributed by atoms with Crippen LogP contribution in [0, 0.1) is 0 Å². The third kappa shape index (κ3) is 3.91. The molecule has 0 fully saturated rings. The van der Waals surface area contributed by atoms with Crippen LogP contribution >= 0.6 is 11.3 Å². The van der Waals surface area contributed by atoms with E-state index in [0.29, 0.717) is 22.6 Å². The molecule has 2 aromatic heterocycles. The molecule has 0 unspecified atom stereocenters. The maximum Gasteiger partial charge on any atom is 0.267 e. The number of unbranched alkanes of at least 4 members (excludes halogenated alkanes) is 2. The van der Waals surface area contributed by atoms with Gasteiger partial charge in [-0.3, -0.25) is 14.9 Å². The number of hydrogen-bond donors (Lipinski definition) is 2. The smallest absolute Gasteiger partial charge is 0.267 e. The van der Waals surface area contributed by atoms with Crippen LogP contribution in [0.15, 0.2) is 29.1 Å². The quantitative estimate of drug-likeness (QED) is 0.581. The number of pyridine rings is 1. The maximum absolute atomic E-state index is 13.1. The first-order valence-corrected chi connectivity index (χ1v) is 10.2. The van der Waals surface area contributed by atoms with Crippen LogP contribution in [0.5, 0.6) is 5.75 Å². The number of hydrogen-bond acceptors (Lipinski definition) is 6. The van der Waals surface area contributed by atoms with Crippen molar-refractivity contribution in [1.82, 2.24) is 14.8 Å². The number of rotatable bonds is 7. The first kappa shape index (κ1) is 20.0. The van der Waals surface area contributed by atoms with Gasteiger partial charge in [-0.1, -0.05) is 57.1 Å². The van der Waals surface area contributed by atoms with Gasteiger partial charge in [0.15, 0.2) is 0 Å². The van der Waals surface area contributed by atoms with Crippen molar-refractivity contribution in [3.63, 3.8) is 0 Å². The second-order valence-electron chi connectivity index (χ2n) is 6.96. The zero-order valence-corrected chi connectivity index (χ0v) is 17.0. The molecule has 0 aliphatic heterocycles. The minimum atomic E-state index is -0.677. The number of fused-ring (bicyclic) bond motifs is 1. The summed E-state index contributed by atoms with van der Waals surface area (Å²) in [6.07, 6.45) is 2.82. The number of aryl methyl sites for hydroxylation is 1. The van der Waals surface area contributed by atoms with Crippen LogP contribution in [-0.2, 0) is 6.54 Å². The zero-order valence-electron chi connectivity index (χ0n) is 16.2. The predicted octanol–water partition coefficient (Wildman–Crippen LogP) is 4.12. The minimum Gasteiger partial charge on any atom is -0.506 e. The molecule has 0 bridgehead atoms. The van der Waals surface area contributed by atoms with Gasteiger partial charge in [-0.2, -0.15) is 0 Å². The van der Waals surface area contributed by atoms with Crippen molar-refractivity contribution in [3.05, 3.63) is 45.2 Å². The summed E-state index contributed by atoms with van der Waals surface area (Å²) in [5, 5.41) is 22.8. The van der Waals surface area contributed by atoms with Gasteiger partial charge in [-0.25, -0.2) is 0 Å². The summed E-state index contributed by atoms with van der Waals surface area (Å²) in [4.78, 5) is 25.9. The normalized spacial score (nSPS) is 11.3. The Morgan fingerprint density at radius 1 is 1.25 bits per heavy atom. The second kappa shape index (κ2) is 8.52. The standard InChI is InChI=1S/C20H24N4O3S/c1-4-5-8-11-24-14-10-7-6-9-13(14)16(25)15(19(24)27)17(26)21-20-23-22-18(28-20)12(2)3/h6-7,9-10,12,25H,4-5,8,11H2,1-3H3,(H,21,23,26). The molecule has 0 saturated carbocycles.